The maximum absolute atomic E-state index is 12.9. The number of unbranched alkanes of at least 4 members (excludes halogenated alkanes) is 3. The lowest BCUT2D eigenvalue weighted by Crippen LogP contribution is -2.30. The molecule has 0 rings (SSSR count). The summed E-state index contributed by atoms with van der Waals surface area (Å²) < 4.78 is 16.7. The first kappa shape index (κ1) is 69.0. The highest BCUT2D eigenvalue weighted by molar-refractivity contribution is 5.71. The lowest BCUT2D eigenvalue weighted by atomic mass is 10.1. The van der Waals surface area contributed by atoms with Gasteiger partial charge in [-0.1, -0.05) is 234 Å². The van der Waals surface area contributed by atoms with Crippen LogP contribution < -0.4 is 0 Å². The van der Waals surface area contributed by atoms with Crippen LogP contribution in [-0.4, -0.2) is 37.2 Å². The topological polar surface area (TPSA) is 78.9 Å². The minimum absolute atomic E-state index is 0.168. The maximum atomic E-state index is 12.9. The number of hydrogen-bond acceptors (Lipinski definition) is 6. The fourth-order valence-electron chi connectivity index (χ4n) is 6.64. The van der Waals surface area contributed by atoms with Gasteiger partial charge < -0.3 is 14.2 Å². The van der Waals surface area contributed by atoms with Crippen molar-refractivity contribution < 1.29 is 28.6 Å². The number of carbonyl (C=O) groups excluding carboxylic acids is 3. The van der Waals surface area contributed by atoms with Crippen molar-refractivity contribution >= 4 is 17.9 Å². The second kappa shape index (κ2) is 60.5. The van der Waals surface area contributed by atoms with Crippen LogP contribution in [0.25, 0.3) is 0 Å². The molecule has 412 valence electrons. The van der Waals surface area contributed by atoms with Gasteiger partial charge in [0.05, 0.1) is 0 Å². The van der Waals surface area contributed by atoms with Crippen LogP contribution in [0.1, 0.15) is 188 Å². The summed E-state index contributed by atoms with van der Waals surface area (Å²) in [5.74, 6) is -1.18. The second-order valence-electron chi connectivity index (χ2n) is 17.7. The molecule has 6 nitrogen and oxygen atoms in total. The van der Waals surface area contributed by atoms with Crippen LogP contribution in [0.3, 0.4) is 0 Å². The van der Waals surface area contributed by atoms with Crippen molar-refractivity contribution in [2.45, 2.75) is 194 Å². The molecule has 0 aromatic carbocycles. The Bertz CT molecular complexity index is 1800. The molecule has 75 heavy (non-hydrogen) atoms. The molecule has 0 spiro atoms. The van der Waals surface area contributed by atoms with Crippen LogP contribution in [0.5, 0.6) is 0 Å². The third-order valence-corrected chi connectivity index (χ3v) is 10.8. The summed E-state index contributed by atoms with van der Waals surface area (Å²) in [4.78, 5) is 38.1. The van der Waals surface area contributed by atoms with Gasteiger partial charge in [-0.3, -0.25) is 14.4 Å². The summed E-state index contributed by atoms with van der Waals surface area (Å²) in [5.41, 5.74) is 0. The summed E-state index contributed by atoms with van der Waals surface area (Å²) in [6, 6.07) is 0. The van der Waals surface area contributed by atoms with E-state index < -0.39 is 24.0 Å². The van der Waals surface area contributed by atoms with E-state index in [-0.39, 0.29) is 32.5 Å². The molecule has 0 atom stereocenters. The zero-order valence-electron chi connectivity index (χ0n) is 47.0. The largest absolute Gasteiger partial charge is 0.462 e. The summed E-state index contributed by atoms with van der Waals surface area (Å²) >= 11 is 0. The van der Waals surface area contributed by atoms with Gasteiger partial charge in [0.25, 0.3) is 0 Å². The molecule has 0 saturated heterocycles. The summed E-state index contributed by atoms with van der Waals surface area (Å²) in [7, 11) is 0. The van der Waals surface area contributed by atoms with Crippen molar-refractivity contribution in [2.75, 3.05) is 13.2 Å². The van der Waals surface area contributed by atoms with E-state index in [1.807, 2.05) is 24.3 Å². The van der Waals surface area contributed by atoms with Gasteiger partial charge in [-0.25, -0.2) is 0 Å². The van der Waals surface area contributed by atoms with Crippen molar-refractivity contribution in [2.24, 2.45) is 0 Å². The average molecular weight is 1030 g/mol. The van der Waals surface area contributed by atoms with Gasteiger partial charge in [-0.2, -0.15) is 0 Å². The molecule has 0 aliphatic rings. The smallest absolute Gasteiger partial charge is 0.306 e. The third kappa shape index (κ3) is 58.7. The molecule has 0 N–H and O–H groups in total. The van der Waals surface area contributed by atoms with Crippen molar-refractivity contribution in [1.82, 2.24) is 0 Å². The quantitative estimate of drug-likeness (QED) is 0.0261. The summed E-state index contributed by atoms with van der Waals surface area (Å²) in [6.45, 7) is 6.11. The fraction of sp³-hybridized carbons (Fsp3) is 0.464. The Morgan fingerprint density at radius 1 is 0.267 bits per heavy atom. The lowest BCUT2D eigenvalue weighted by molar-refractivity contribution is -0.166. The van der Waals surface area contributed by atoms with Crippen LogP contribution in [0.4, 0.5) is 0 Å². The number of ether oxygens (including phenoxy) is 3. The third-order valence-electron chi connectivity index (χ3n) is 10.8. The fourth-order valence-corrected chi connectivity index (χ4v) is 6.64. The van der Waals surface area contributed by atoms with E-state index in [1.54, 1.807) is 0 Å². The molecule has 0 amide bonds. The molecule has 0 saturated carbocycles. The molecule has 0 heterocycles. The van der Waals surface area contributed by atoms with Crippen LogP contribution in [0, 0.1) is 0 Å². The molecule has 0 aliphatic carbocycles. The van der Waals surface area contributed by atoms with E-state index in [0.29, 0.717) is 19.3 Å². The van der Waals surface area contributed by atoms with Gasteiger partial charge in [0, 0.05) is 19.3 Å². The van der Waals surface area contributed by atoms with Crippen molar-refractivity contribution in [3.63, 3.8) is 0 Å². The highest BCUT2D eigenvalue weighted by Crippen LogP contribution is 2.09. The molecule has 0 fully saturated rings. The maximum Gasteiger partial charge on any atom is 0.306 e. The monoisotopic (exact) mass is 1020 g/mol. The Labute approximate surface area is 458 Å². The van der Waals surface area contributed by atoms with E-state index in [9.17, 15) is 14.4 Å². The van der Waals surface area contributed by atoms with Crippen LogP contribution in [0.15, 0.2) is 207 Å². The van der Waals surface area contributed by atoms with Gasteiger partial charge in [0.1, 0.15) is 13.2 Å². The Morgan fingerprint density at radius 3 is 0.773 bits per heavy atom. The standard InChI is InChI=1S/C69H100O6/c1-4-7-10-13-16-19-22-25-28-31-34-37-40-43-46-49-52-55-58-61-67(70)73-64-66(75-69(72)63-60-57-54-51-48-45-42-39-36-33-30-27-24-21-18-15-12-9-6-3)65-74-68(71)62-59-56-53-50-47-44-41-38-35-32-29-26-23-20-17-14-11-8-5-2/h7-12,16-21,25-30,34-39,43-48,52-53,55-56,66H,4-6,13-15,22-24,31-33,40-42,49-51,54,57-65H2,1-3H3. The van der Waals surface area contributed by atoms with Crippen molar-refractivity contribution in [1.29, 1.82) is 0 Å². The highest BCUT2D eigenvalue weighted by atomic mass is 16.6. The van der Waals surface area contributed by atoms with Gasteiger partial charge in [0.2, 0.25) is 0 Å². The first-order chi connectivity index (χ1) is 37.0. The van der Waals surface area contributed by atoms with E-state index in [1.165, 1.54) is 0 Å². The van der Waals surface area contributed by atoms with E-state index >= 15 is 0 Å². The molecule has 0 aromatic heterocycles. The Balaban J connectivity index is 4.73. The number of allylic oxidation sites excluding steroid dienone is 34. The average Bonchev–Trinajstić information content (AvgIpc) is 3.41. The second-order valence-corrected chi connectivity index (χ2v) is 17.7. The van der Waals surface area contributed by atoms with E-state index in [2.05, 4.69) is 203 Å². The molecule has 0 unspecified atom stereocenters. The Hall–Kier alpha value is -6.01. The highest BCUT2D eigenvalue weighted by Gasteiger charge is 2.19. The van der Waals surface area contributed by atoms with E-state index in [0.717, 1.165) is 128 Å². The van der Waals surface area contributed by atoms with E-state index in [4.69, 9.17) is 14.2 Å². The van der Waals surface area contributed by atoms with Crippen molar-refractivity contribution in [3.8, 4) is 0 Å². The van der Waals surface area contributed by atoms with Gasteiger partial charge in [-0.05, 0) is 141 Å². The number of hydrogen-bond donors (Lipinski definition) is 0. The van der Waals surface area contributed by atoms with Crippen molar-refractivity contribution in [3.05, 3.63) is 207 Å². The molecule has 0 aliphatic heterocycles. The Kier molecular flexibility index (Phi) is 55.7. The predicted octanol–water partition coefficient (Wildman–Crippen LogP) is 19.6. The predicted molar refractivity (Wildman–Crippen MR) is 324 cm³/mol. The van der Waals surface area contributed by atoms with Gasteiger partial charge in [0.15, 0.2) is 6.10 Å². The molecular weight excluding hydrogens is 925 g/mol. The summed E-state index contributed by atoms with van der Waals surface area (Å²) in [6.07, 6.45) is 94.1. The number of rotatable bonds is 48. The van der Waals surface area contributed by atoms with Crippen LogP contribution in [0.2, 0.25) is 0 Å². The van der Waals surface area contributed by atoms with Gasteiger partial charge in [-0.15, -0.1) is 0 Å². The van der Waals surface area contributed by atoms with Gasteiger partial charge >= 0.3 is 17.9 Å². The minimum atomic E-state index is -0.872. The Morgan fingerprint density at radius 2 is 0.507 bits per heavy atom. The normalized spacial score (nSPS) is 13.7. The van der Waals surface area contributed by atoms with Crippen LogP contribution in [-0.2, 0) is 28.6 Å². The SMILES string of the molecule is CCC=CCC=CCC=CCC=CCC=CCC=CCCC(=O)OCC(COC(=O)CCC=CCC=CCC=CCC=CCC=CCC=CCC)OC(=O)CCCCCC=CCC=CCC=CCC=CCC=CCC. The molecule has 0 radical (unpaired) electrons. The first-order valence-electron chi connectivity index (χ1n) is 28.6. The first-order valence-corrected chi connectivity index (χ1v) is 28.6. The van der Waals surface area contributed by atoms with Crippen LogP contribution >= 0.6 is 0 Å². The number of carbonyl (C=O) groups is 3. The number of esters is 3. The zero-order valence-corrected chi connectivity index (χ0v) is 47.0. The molecule has 6 heteroatoms. The molecule has 0 bridgehead atoms. The zero-order chi connectivity index (χ0) is 54.3. The molecule has 0 aromatic rings. The summed E-state index contributed by atoms with van der Waals surface area (Å²) in [5, 5.41) is 0. The lowest BCUT2D eigenvalue weighted by Gasteiger charge is -2.18. The molecular formula is C69H100O6. The minimum Gasteiger partial charge on any atom is -0.462 e.